The van der Waals surface area contributed by atoms with Crippen molar-refractivity contribution in [2.24, 2.45) is 23.7 Å². The second kappa shape index (κ2) is 4.65. The molecule has 1 saturated carbocycles. The van der Waals surface area contributed by atoms with Gasteiger partial charge in [-0.2, -0.15) is 0 Å². The average molecular weight is 298 g/mol. The highest BCUT2D eigenvalue weighted by Crippen LogP contribution is 2.60. The number of hydrogen-bond donors (Lipinski definition) is 0. The van der Waals surface area contributed by atoms with Crippen molar-refractivity contribution in [1.82, 2.24) is 0 Å². The quantitative estimate of drug-likeness (QED) is 0.697. The smallest absolute Gasteiger partial charge is 0.201 e. The minimum atomic E-state index is -0.698. The lowest BCUT2D eigenvalue weighted by Gasteiger charge is -2.60. The maximum atomic E-state index is 6.21. The van der Waals surface area contributed by atoms with E-state index in [4.69, 9.17) is 24.0 Å². The van der Waals surface area contributed by atoms with E-state index in [2.05, 4.69) is 13.8 Å². The first-order valence-corrected chi connectivity index (χ1v) is 8.23. The zero-order valence-electron chi connectivity index (χ0n) is 13.3. The van der Waals surface area contributed by atoms with Crippen LogP contribution in [0.25, 0.3) is 0 Å². The number of methoxy groups -OCH3 is 1. The summed E-state index contributed by atoms with van der Waals surface area (Å²) in [6, 6.07) is 0. The first kappa shape index (κ1) is 14.4. The SMILES string of the molecule is COC1O[C@@H]2O[C@]3(C)CC[C@H]4[C@H](C)CCC([C@H]1C)C24OO3. The summed E-state index contributed by atoms with van der Waals surface area (Å²) in [5.41, 5.74) is -0.470. The van der Waals surface area contributed by atoms with E-state index in [0.29, 0.717) is 17.8 Å². The Morgan fingerprint density at radius 3 is 2.62 bits per heavy atom. The second-order valence-electron chi connectivity index (χ2n) is 7.51. The molecule has 21 heavy (non-hydrogen) atoms. The van der Waals surface area contributed by atoms with E-state index in [0.717, 1.165) is 19.3 Å². The molecule has 1 spiro atoms. The summed E-state index contributed by atoms with van der Waals surface area (Å²) in [7, 11) is 1.70. The highest BCUT2D eigenvalue weighted by atomic mass is 17.3. The summed E-state index contributed by atoms with van der Waals surface area (Å²) in [5, 5.41) is 0. The molecule has 8 atom stereocenters. The van der Waals surface area contributed by atoms with Gasteiger partial charge in [-0.25, -0.2) is 9.78 Å². The predicted octanol–water partition coefficient (Wildman–Crippen LogP) is 2.84. The van der Waals surface area contributed by atoms with Gasteiger partial charge in [-0.05, 0) is 38.0 Å². The molecule has 5 fully saturated rings. The maximum Gasteiger partial charge on any atom is 0.201 e. The van der Waals surface area contributed by atoms with E-state index >= 15 is 0 Å². The molecule has 4 saturated heterocycles. The van der Waals surface area contributed by atoms with Crippen molar-refractivity contribution in [3.63, 3.8) is 0 Å². The van der Waals surface area contributed by atoms with Crippen LogP contribution in [0.4, 0.5) is 0 Å². The van der Waals surface area contributed by atoms with Crippen molar-refractivity contribution in [2.75, 3.05) is 7.11 Å². The fraction of sp³-hybridized carbons (Fsp3) is 1.00. The van der Waals surface area contributed by atoms with Crippen LogP contribution in [0.5, 0.6) is 0 Å². The zero-order chi connectivity index (χ0) is 14.8. The van der Waals surface area contributed by atoms with Gasteiger partial charge in [0.05, 0.1) is 0 Å². The van der Waals surface area contributed by atoms with E-state index in [1.807, 2.05) is 6.92 Å². The van der Waals surface area contributed by atoms with Gasteiger partial charge in [0.25, 0.3) is 0 Å². The summed E-state index contributed by atoms with van der Waals surface area (Å²) in [5.74, 6) is 0.953. The molecule has 0 aromatic carbocycles. The van der Waals surface area contributed by atoms with Crippen LogP contribution in [0.3, 0.4) is 0 Å². The van der Waals surface area contributed by atoms with Crippen LogP contribution in [0, 0.1) is 23.7 Å². The van der Waals surface area contributed by atoms with E-state index in [1.165, 1.54) is 6.42 Å². The van der Waals surface area contributed by atoms with E-state index < -0.39 is 17.7 Å². The van der Waals surface area contributed by atoms with E-state index in [9.17, 15) is 0 Å². The van der Waals surface area contributed by atoms with Gasteiger partial charge in [0.15, 0.2) is 18.2 Å². The summed E-state index contributed by atoms with van der Waals surface area (Å²) >= 11 is 0. The van der Waals surface area contributed by atoms with Gasteiger partial charge in [0, 0.05) is 25.4 Å². The molecule has 0 radical (unpaired) electrons. The number of fused-ring (bicyclic) bond motifs is 2. The molecule has 5 heteroatoms. The molecule has 1 aliphatic carbocycles. The fourth-order valence-corrected chi connectivity index (χ4v) is 5.14. The lowest BCUT2D eigenvalue weighted by molar-refractivity contribution is -0.577. The molecule has 0 amide bonds. The molecule has 0 aromatic rings. The lowest BCUT2D eigenvalue weighted by atomic mass is 9.58. The second-order valence-corrected chi connectivity index (χ2v) is 7.51. The third-order valence-electron chi connectivity index (χ3n) is 6.33. The average Bonchev–Trinajstić information content (AvgIpc) is 2.69. The maximum absolute atomic E-state index is 6.21. The Balaban J connectivity index is 1.79. The predicted molar refractivity (Wildman–Crippen MR) is 73.8 cm³/mol. The van der Waals surface area contributed by atoms with Crippen molar-refractivity contribution in [3.8, 4) is 0 Å². The van der Waals surface area contributed by atoms with Crippen molar-refractivity contribution in [3.05, 3.63) is 0 Å². The first-order chi connectivity index (χ1) is 10.00. The molecule has 3 unspecified atom stereocenters. The van der Waals surface area contributed by atoms with Crippen LogP contribution < -0.4 is 0 Å². The van der Waals surface area contributed by atoms with Crippen LogP contribution in [-0.4, -0.2) is 31.1 Å². The molecule has 0 aromatic heterocycles. The summed E-state index contributed by atoms with van der Waals surface area (Å²) < 4.78 is 17.9. The largest absolute Gasteiger partial charge is 0.355 e. The van der Waals surface area contributed by atoms with Crippen LogP contribution in [0.2, 0.25) is 0 Å². The van der Waals surface area contributed by atoms with Gasteiger partial charge in [0.2, 0.25) is 5.79 Å². The van der Waals surface area contributed by atoms with Crippen molar-refractivity contribution in [1.29, 1.82) is 0 Å². The number of hydrogen-bond acceptors (Lipinski definition) is 5. The van der Waals surface area contributed by atoms with Crippen LogP contribution in [0.1, 0.15) is 46.5 Å². The number of ether oxygens (including phenoxy) is 3. The van der Waals surface area contributed by atoms with Gasteiger partial charge in [0.1, 0.15) is 0 Å². The zero-order valence-corrected chi connectivity index (χ0v) is 13.3. The van der Waals surface area contributed by atoms with Crippen molar-refractivity contribution in [2.45, 2.75) is 70.4 Å². The monoisotopic (exact) mass is 298 g/mol. The fourth-order valence-electron chi connectivity index (χ4n) is 5.14. The van der Waals surface area contributed by atoms with Crippen LogP contribution >= 0.6 is 0 Å². The Morgan fingerprint density at radius 2 is 1.86 bits per heavy atom. The topological polar surface area (TPSA) is 46.2 Å². The van der Waals surface area contributed by atoms with Gasteiger partial charge in [-0.3, -0.25) is 0 Å². The molecule has 2 bridgehead atoms. The molecule has 4 aliphatic heterocycles. The Hall–Kier alpha value is -0.200. The summed E-state index contributed by atoms with van der Waals surface area (Å²) in [4.78, 5) is 11.8. The third kappa shape index (κ3) is 1.81. The molecule has 0 N–H and O–H groups in total. The molecule has 5 aliphatic rings. The van der Waals surface area contributed by atoms with E-state index in [1.54, 1.807) is 7.11 Å². The summed E-state index contributed by atoms with van der Waals surface area (Å²) in [6.45, 7) is 6.46. The van der Waals surface area contributed by atoms with Gasteiger partial charge in [-0.15, -0.1) is 0 Å². The van der Waals surface area contributed by atoms with Crippen LogP contribution in [0.15, 0.2) is 0 Å². The highest BCUT2D eigenvalue weighted by Gasteiger charge is 2.69. The lowest BCUT2D eigenvalue weighted by Crippen LogP contribution is -2.70. The van der Waals surface area contributed by atoms with Gasteiger partial charge in [-0.1, -0.05) is 13.8 Å². The van der Waals surface area contributed by atoms with Gasteiger partial charge >= 0.3 is 0 Å². The standard InChI is InChI=1S/C16H26O5/c1-9-5-6-12-10(2)13(17-4)18-14-16(12)11(9)7-8-15(3,19-14)20-21-16/h9-14H,5-8H2,1-4H3/t9-,10-,11+,12?,13?,14-,15+,16?/m1/s1. The van der Waals surface area contributed by atoms with Crippen molar-refractivity contribution < 1.29 is 24.0 Å². The normalized spacial score (nSPS) is 59.4. The number of rotatable bonds is 1. The Bertz CT molecular complexity index is 429. The minimum Gasteiger partial charge on any atom is -0.355 e. The molecule has 4 heterocycles. The molecule has 5 nitrogen and oxygen atoms in total. The Morgan fingerprint density at radius 1 is 1.05 bits per heavy atom. The van der Waals surface area contributed by atoms with Crippen LogP contribution in [-0.2, 0) is 24.0 Å². The molecular weight excluding hydrogens is 272 g/mol. The highest BCUT2D eigenvalue weighted by molar-refractivity contribution is 5.08. The van der Waals surface area contributed by atoms with Gasteiger partial charge < -0.3 is 14.2 Å². The molecular formula is C16H26O5. The molecule has 5 rings (SSSR count). The van der Waals surface area contributed by atoms with Crippen molar-refractivity contribution >= 4 is 0 Å². The van der Waals surface area contributed by atoms with E-state index in [-0.39, 0.29) is 12.2 Å². The molecule has 120 valence electrons. The third-order valence-corrected chi connectivity index (χ3v) is 6.33. The Kier molecular flexibility index (Phi) is 3.19. The first-order valence-electron chi connectivity index (χ1n) is 8.23. The Labute approximate surface area is 126 Å². The summed E-state index contributed by atoms with van der Waals surface area (Å²) in [6.07, 6.45) is 3.64. The minimum absolute atomic E-state index is 0.230.